The van der Waals surface area contributed by atoms with Crippen molar-refractivity contribution < 1.29 is 17.2 Å². The Hall–Kier alpha value is -2.02. The maximum Gasteiger partial charge on any atom is 0.263 e. The number of sulfonamides is 1. The summed E-state index contributed by atoms with van der Waals surface area (Å²) >= 11 is 0. The number of nitrogens with one attached hydrogen (secondary N) is 1. The molecule has 0 amide bonds. The summed E-state index contributed by atoms with van der Waals surface area (Å²) in [6, 6.07) is 6.67. The second kappa shape index (κ2) is 4.69. The summed E-state index contributed by atoms with van der Waals surface area (Å²) in [7, 11) is -4.05. The lowest BCUT2D eigenvalue weighted by Crippen LogP contribution is -2.14. The topological polar surface area (TPSA) is 59.1 Å². The highest BCUT2D eigenvalue weighted by molar-refractivity contribution is 7.92. The molecule has 2 aromatic rings. The van der Waals surface area contributed by atoms with Gasteiger partial charge in [-0.1, -0.05) is 6.07 Å². The average Bonchev–Trinajstić information content (AvgIpc) is 2.28. The van der Waals surface area contributed by atoms with Gasteiger partial charge in [-0.2, -0.15) is 0 Å². The molecule has 0 radical (unpaired) electrons. The number of benzene rings is 1. The van der Waals surface area contributed by atoms with Crippen LogP contribution in [0, 0.1) is 11.6 Å². The van der Waals surface area contributed by atoms with E-state index in [1.807, 2.05) is 0 Å². The minimum atomic E-state index is -4.05. The predicted molar refractivity (Wildman–Crippen MR) is 61.4 cm³/mol. The van der Waals surface area contributed by atoms with Crippen LogP contribution in [0.2, 0.25) is 0 Å². The SMILES string of the molecule is O=S(=O)(Nc1ccccn1)c1cc(F)cc(F)c1. The van der Waals surface area contributed by atoms with Crippen LogP contribution in [-0.4, -0.2) is 13.4 Å². The summed E-state index contributed by atoms with van der Waals surface area (Å²) < 4.78 is 51.7. The summed E-state index contributed by atoms with van der Waals surface area (Å²) in [5.41, 5.74) is 0. The summed E-state index contributed by atoms with van der Waals surface area (Å²) in [6.45, 7) is 0. The molecule has 0 aliphatic heterocycles. The standard InChI is InChI=1S/C11H8F2N2O2S/c12-8-5-9(13)7-10(6-8)18(16,17)15-11-3-1-2-4-14-11/h1-7H,(H,14,15). The van der Waals surface area contributed by atoms with Gasteiger partial charge in [0.2, 0.25) is 0 Å². The Bertz CT molecular complexity index is 640. The van der Waals surface area contributed by atoms with Crippen LogP contribution in [0.4, 0.5) is 14.6 Å². The van der Waals surface area contributed by atoms with Gasteiger partial charge in [-0.25, -0.2) is 22.2 Å². The fourth-order valence-corrected chi connectivity index (χ4v) is 2.35. The monoisotopic (exact) mass is 270 g/mol. The van der Waals surface area contributed by atoms with Gasteiger partial charge in [0.15, 0.2) is 0 Å². The highest BCUT2D eigenvalue weighted by Crippen LogP contribution is 2.16. The lowest BCUT2D eigenvalue weighted by atomic mass is 10.3. The van der Waals surface area contributed by atoms with E-state index in [0.717, 1.165) is 12.1 Å². The average molecular weight is 270 g/mol. The number of halogens is 2. The zero-order chi connectivity index (χ0) is 13.2. The molecule has 0 saturated heterocycles. The molecule has 0 unspecified atom stereocenters. The van der Waals surface area contributed by atoms with E-state index in [9.17, 15) is 17.2 Å². The number of rotatable bonds is 3. The number of nitrogens with zero attached hydrogens (tertiary/aromatic N) is 1. The van der Waals surface area contributed by atoms with Gasteiger partial charge in [0.05, 0.1) is 4.90 Å². The minimum Gasteiger partial charge on any atom is -0.263 e. The first-order chi connectivity index (χ1) is 8.47. The van der Waals surface area contributed by atoms with E-state index in [0.29, 0.717) is 6.07 Å². The third-order valence-corrected chi connectivity index (χ3v) is 3.38. The Morgan fingerprint density at radius 2 is 1.72 bits per heavy atom. The first kappa shape index (κ1) is 12.4. The molecule has 1 aromatic carbocycles. The minimum absolute atomic E-state index is 0.0715. The van der Waals surface area contributed by atoms with E-state index < -0.39 is 26.6 Å². The Balaban J connectivity index is 2.37. The molecule has 94 valence electrons. The summed E-state index contributed by atoms with van der Waals surface area (Å²) in [4.78, 5) is 3.26. The first-order valence-electron chi connectivity index (χ1n) is 4.87. The maximum absolute atomic E-state index is 12.9. The Morgan fingerprint density at radius 3 is 2.28 bits per heavy atom. The van der Waals surface area contributed by atoms with Crippen molar-refractivity contribution in [2.75, 3.05) is 4.72 Å². The molecule has 2 rings (SSSR count). The van der Waals surface area contributed by atoms with Crippen LogP contribution in [0.15, 0.2) is 47.5 Å². The number of aromatic nitrogens is 1. The third kappa shape index (κ3) is 2.80. The number of hydrogen-bond acceptors (Lipinski definition) is 3. The van der Waals surface area contributed by atoms with Gasteiger partial charge in [0, 0.05) is 12.3 Å². The van der Waals surface area contributed by atoms with Crippen molar-refractivity contribution in [2.24, 2.45) is 0 Å². The van der Waals surface area contributed by atoms with Crippen LogP contribution in [0.25, 0.3) is 0 Å². The molecule has 0 bridgehead atoms. The van der Waals surface area contributed by atoms with Crippen LogP contribution >= 0.6 is 0 Å². The molecule has 0 aliphatic rings. The molecule has 0 saturated carbocycles. The smallest absolute Gasteiger partial charge is 0.263 e. The molecule has 1 aromatic heterocycles. The van der Waals surface area contributed by atoms with Crippen molar-refractivity contribution in [3.63, 3.8) is 0 Å². The Morgan fingerprint density at radius 1 is 1.06 bits per heavy atom. The molecule has 0 spiro atoms. The van der Waals surface area contributed by atoms with Gasteiger partial charge in [0.25, 0.3) is 10.0 Å². The number of anilines is 1. The second-order valence-corrected chi connectivity index (χ2v) is 5.11. The van der Waals surface area contributed by atoms with Crippen molar-refractivity contribution in [1.82, 2.24) is 4.98 Å². The van der Waals surface area contributed by atoms with Crippen LogP contribution < -0.4 is 4.72 Å². The Kier molecular flexibility index (Phi) is 3.24. The van der Waals surface area contributed by atoms with E-state index >= 15 is 0 Å². The fourth-order valence-electron chi connectivity index (χ4n) is 1.30. The molecule has 0 aliphatic carbocycles. The van der Waals surface area contributed by atoms with E-state index in [1.54, 1.807) is 12.1 Å². The summed E-state index contributed by atoms with van der Waals surface area (Å²) in [5.74, 6) is -1.85. The van der Waals surface area contributed by atoms with E-state index in [-0.39, 0.29) is 5.82 Å². The zero-order valence-electron chi connectivity index (χ0n) is 8.97. The van der Waals surface area contributed by atoms with E-state index in [2.05, 4.69) is 9.71 Å². The van der Waals surface area contributed by atoms with Gasteiger partial charge in [0.1, 0.15) is 17.5 Å². The Labute approximate surface area is 102 Å². The van der Waals surface area contributed by atoms with Crippen molar-refractivity contribution in [1.29, 1.82) is 0 Å². The van der Waals surface area contributed by atoms with Crippen LogP contribution in [-0.2, 0) is 10.0 Å². The van der Waals surface area contributed by atoms with Crippen LogP contribution in [0.5, 0.6) is 0 Å². The van der Waals surface area contributed by atoms with Gasteiger partial charge in [-0.05, 0) is 24.3 Å². The highest BCUT2D eigenvalue weighted by Gasteiger charge is 2.16. The summed E-state index contributed by atoms with van der Waals surface area (Å²) in [5, 5.41) is 0. The van der Waals surface area contributed by atoms with Crippen molar-refractivity contribution in [3.05, 3.63) is 54.2 Å². The molecule has 0 atom stereocenters. The molecular formula is C11H8F2N2O2S. The summed E-state index contributed by atoms with van der Waals surface area (Å²) in [6.07, 6.45) is 1.39. The van der Waals surface area contributed by atoms with E-state index in [1.165, 1.54) is 12.3 Å². The first-order valence-corrected chi connectivity index (χ1v) is 6.36. The lowest BCUT2D eigenvalue weighted by Gasteiger charge is -2.07. The normalized spacial score (nSPS) is 11.2. The van der Waals surface area contributed by atoms with Crippen LogP contribution in [0.1, 0.15) is 0 Å². The van der Waals surface area contributed by atoms with Gasteiger partial charge < -0.3 is 0 Å². The fraction of sp³-hybridized carbons (Fsp3) is 0. The van der Waals surface area contributed by atoms with Gasteiger partial charge in [-0.15, -0.1) is 0 Å². The van der Waals surface area contributed by atoms with Crippen molar-refractivity contribution in [3.8, 4) is 0 Å². The third-order valence-electron chi connectivity index (χ3n) is 2.05. The lowest BCUT2D eigenvalue weighted by molar-refractivity contribution is 0.568. The quantitative estimate of drug-likeness (QED) is 0.929. The second-order valence-electron chi connectivity index (χ2n) is 3.43. The van der Waals surface area contributed by atoms with E-state index in [4.69, 9.17) is 0 Å². The van der Waals surface area contributed by atoms with Crippen molar-refractivity contribution in [2.45, 2.75) is 4.90 Å². The predicted octanol–water partition coefficient (Wildman–Crippen LogP) is 2.16. The molecule has 4 nitrogen and oxygen atoms in total. The zero-order valence-corrected chi connectivity index (χ0v) is 9.79. The molecule has 1 heterocycles. The molecule has 18 heavy (non-hydrogen) atoms. The molecular weight excluding hydrogens is 262 g/mol. The molecule has 0 fully saturated rings. The van der Waals surface area contributed by atoms with Crippen molar-refractivity contribution >= 4 is 15.8 Å². The number of hydrogen-bond donors (Lipinski definition) is 1. The largest absolute Gasteiger partial charge is 0.263 e. The molecule has 1 N–H and O–H groups in total. The highest BCUT2D eigenvalue weighted by atomic mass is 32.2. The maximum atomic E-state index is 12.9. The molecule has 7 heteroatoms. The number of pyridine rings is 1. The van der Waals surface area contributed by atoms with Crippen LogP contribution in [0.3, 0.4) is 0 Å². The van der Waals surface area contributed by atoms with Gasteiger partial charge in [-0.3, -0.25) is 4.72 Å². The van der Waals surface area contributed by atoms with Gasteiger partial charge >= 0.3 is 0 Å².